The first-order valence-corrected chi connectivity index (χ1v) is 10.3. The van der Waals surface area contributed by atoms with Crippen molar-refractivity contribution in [3.8, 4) is 0 Å². The van der Waals surface area contributed by atoms with Gasteiger partial charge < -0.3 is 5.32 Å². The Balaban J connectivity index is 1.85. The molecule has 3 rings (SSSR count). The summed E-state index contributed by atoms with van der Waals surface area (Å²) in [6.07, 6.45) is 3.05. The van der Waals surface area contributed by atoms with Gasteiger partial charge in [0.25, 0.3) is 5.91 Å². The molecular formula is C20H18ClN3O3S. The fraction of sp³-hybridized carbons (Fsp3) is 0.100. The van der Waals surface area contributed by atoms with E-state index in [0.29, 0.717) is 21.8 Å². The molecular weight excluding hydrogens is 398 g/mol. The highest BCUT2D eigenvalue weighted by molar-refractivity contribution is 7.89. The van der Waals surface area contributed by atoms with Gasteiger partial charge in [0.2, 0.25) is 10.0 Å². The number of benzene rings is 2. The van der Waals surface area contributed by atoms with Gasteiger partial charge in [-0.25, -0.2) is 13.1 Å². The van der Waals surface area contributed by atoms with Crippen LogP contribution in [0.5, 0.6) is 0 Å². The number of carbonyl (C=O) groups is 1. The van der Waals surface area contributed by atoms with E-state index >= 15 is 0 Å². The summed E-state index contributed by atoms with van der Waals surface area (Å²) in [6.45, 7) is 5.47. The monoisotopic (exact) mass is 415 g/mol. The molecule has 3 aromatic rings. The highest BCUT2D eigenvalue weighted by Gasteiger charge is 2.15. The number of nitrogens with zero attached hydrogens (tertiary/aromatic N) is 1. The van der Waals surface area contributed by atoms with Crippen molar-refractivity contribution in [1.82, 2.24) is 9.71 Å². The first kappa shape index (κ1) is 20.0. The Labute approximate surface area is 168 Å². The zero-order valence-corrected chi connectivity index (χ0v) is 16.6. The van der Waals surface area contributed by atoms with Gasteiger partial charge in [-0.2, -0.15) is 0 Å². The van der Waals surface area contributed by atoms with E-state index in [2.05, 4.69) is 21.6 Å². The number of anilines is 1. The van der Waals surface area contributed by atoms with Crippen molar-refractivity contribution in [3.05, 3.63) is 77.5 Å². The first-order valence-electron chi connectivity index (χ1n) is 8.39. The quantitative estimate of drug-likeness (QED) is 0.597. The van der Waals surface area contributed by atoms with Crippen LogP contribution >= 0.6 is 11.6 Å². The van der Waals surface area contributed by atoms with Crippen LogP contribution in [0.2, 0.25) is 5.02 Å². The van der Waals surface area contributed by atoms with Crippen molar-refractivity contribution in [2.45, 2.75) is 11.8 Å². The lowest BCUT2D eigenvalue weighted by Crippen LogP contribution is -2.23. The molecule has 0 radical (unpaired) electrons. The molecule has 0 aliphatic carbocycles. The van der Waals surface area contributed by atoms with E-state index in [1.165, 1.54) is 30.3 Å². The van der Waals surface area contributed by atoms with Gasteiger partial charge in [-0.3, -0.25) is 9.78 Å². The number of sulfonamides is 1. The fourth-order valence-corrected chi connectivity index (χ4v) is 3.83. The summed E-state index contributed by atoms with van der Waals surface area (Å²) in [4.78, 5) is 17.0. The zero-order chi connectivity index (χ0) is 20.3. The number of aryl methyl sites for hydroxylation is 1. The van der Waals surface area contributed by atoms with Gasteiger partial charge in [0.15, 0.2) is 0 Å². The number of nitrogens with one attached hydrogen (secondary N) is 2. The zero-order valence-electron chi connectivity index (χ0n) is 15.1. The van der Waals surface area contributed by atoms with E-state index < -0.39 is 10.0 Å². The summed E-state index contributed by atoms with van der Waals surface area (Å²) in [7, 11) is -3.64. The van der Waals surface area contributed by atoms with Gasteiger partial charge >= 0.3 is 0 Å². The number of hydrogen-bond donors (Lipinski definition) is 2. The van der Waals surface area contributed by atoms with Crippen molar-refractivity contribution in [3.63, 3.8) is 0 Å². The largest absolute Gasteiger partial charge is 0.321 e. The molecule has 0 unspecified atom stereocenters. The van der Waals surface area contributed by atoms with Crippen LogP contribution in [0.4, 0.5) is 5.69 Å². The summed E-state index contributed by atoms with van der Waals surface area (Å²) >= 11 is 6.14. The molecule has 2 N–H and O–H groups in total. The molecule has 1 aromatic heterocycles. The lowest BCUT2D eigenvalue weighted by atomic mass is 10.1. The van der Waals surface area contributed by atoms with E-state index in [1.807, 2.05) is 6.92 Å². The maximum atomic E-state index is 12.6. The smallest absolute Gasteiger partial charge is 0.255 e. The van der Waals surface area contributed by atoms with E-state index in [9.17, 15) is 13.2 Å². The van der Waals surface area contributed by atoms with Gasteiger partial charge in [-0.15, -0.1) is 6.58 Å². The van der Waals surface area contributed by atoms with Gasteiger partial charge in [-0.1, -0.05) is 17.7 Å². The van der Waals surface area contributed by atoms with Crippen LogP contribution < -0.4 is 10.0 Å². The van der Waals surface area contributed by atoms with Crippen LogP contribution in [0.3, 0.4) is 0 Å². The molecule has 0 atom stereocenters. The summed E-state index contributed by atoms with van der Waals surface area (Å²) < 4.78 is 26.6. The van der Waals surface area contributed by atoms with Crippen LogP contribution in [0.25, 0.3) is 10.9 Å². The molecule has 0 aliphatic rings. The molecule has 144 valence electrons. The minimum absolute atomic E-state index is 0.0746. The average molecular weight is 416 g/mol. The Bertz CT molecular complexity index is 1160. The normalized spacial score (nSPS) is 11.4. The third-order valence-corrected chi connectivity index (χ3v) is 6.04. The molecule has 28 heavy (non-hydrogen) atoms. The third-order valence-electron chi connectivity index (χ3n) is 4.19. The Hall–Kier alpha value is -2.74. The van der Waals surface area contributed by atoms with Crippen LogP contribution in [-0.2, 0) is 10.0 Å². The van der Waals surface area contributed by atoms with Gasteiger partial charge in [0.05, 0.1) is 16.1 Å². The van der Waals surface area contributed by atoms with E-state index in [1.54, 1.807) is 24.4 Å². The second-order valence-corrected chi connectivity index (χ2v) is 8.22. The number of amides is 1. The van der Waals surface area contributed by atoms with Crippen molar-refractivity contribution >= 4 is 44.1 Å². The summed E-state index contributed by atoms with van der Waals surface area (Å²) in [5, 5.41) is 4.21. The molecule has 8 heteroatoms. The molecule has 0 saturated carbocycles. The van der Waals surface area contributed by atoms with E-state index in [-0.39, 0.29) is 17.3 Å². The number of rotatable bonds is 6. The summed E-state index contributed by atoms with van der Waals surface area (Å²) in [5.41, 5.74) is 2.47. The van der Waals surface area contributed by atoms with Gasteiger partial charge in [0, 0.05) is 28.7 Å². The molecule has 0 spiro atoms. The Morgan fingerprint density at radius 2 is 1.89 bits per heavy atom. The summed E-state index contributed by atoms with van der Waals surface area (Å²) in [6, 6.07) is 10.9. The number of pyridine rings is 1. The first-order chi connectivity index (χ1) is 13.3. The average Bonchev–Trinajstić information content (AvgIpc) is 2.69. The van der Waals surface area contributed by atoms with Gasteiger partial charge in [-0.05, 0) is 55.0 Å². The second kappa shape index (κ2) is 8.10. The molecule has 1 amide bonds. The number of hydrogen-bond acceptors (Lipinski definition) is 4. The van der Waals surface area contributed by atoms with Crippen LogP contribution in [0.15, 0.2) is 66.2 Å². The molecule has 0 bridgehead atoms. The molecule has 6 nitrogen and oxygen atoms in total. The fourth-order valence-electron chi connectivity index (χ4n) is 2.68. The number of aromatic nitrogens is 1. The maximum Gasteiger partial charge on any atom is 0.255 e. The molecule has 1 heterocycles. The van der Waals surface area contributed by atoms with Crippen molar-refractivity contribution in [2.75, 3.05) is 11.9 Å². The SMILES string of the molecule is C=CCNS(=O)(=O)c1ccc(C(=O)Nc2ccnc3c(C)c(Cl)ccc23)cc1. The maximum absolute atomic E-state index is 12.6. The number of fused-ring (bicyclic) bond motifs is 1. The highest BCUT2D eigenvalue weighted by atomic mass is 35.5. The van der Waals surface area contributed by atoms with Crippen LogP contribution in [0.1, 0.15) is 15.9 Å². The Morgan fingerprint density at radius 1 is 1.18 bits per heavy atom. The van der Waals surface area contributed by atoms with Crippen molar-refractivity contribution < 1.29 is 13.2 Å². The van der Waals surface area contributed by atoms with E-state index in [4.69, 9.17) is 11.6 Å². The number of carbonyl (C=O) groups excluding carboxylic acids is 1. The highest BCUT2D eigenvalue weighted by Crippen LogP contribution is 2.28. The lowest BCUT2D eigenvalue weighted by molar-refractivity contribution is 0.102. The van der Waals surface area contributed by atoms with Crippen molar-refractivity contribution in [1.29, 1.82) is 0 Å². The Morgan fingerprint density at radius 3 is 2.57 bits per heavy atom. The van der Waals surface area contributed by atoms with Crippen molar-refractivity contribution in [2.24, 2.45) is 0 Å². The third kappa shape index (κ3) is 4.06. The second-order valence-electron chi connectivity index (χ2n) is 6.05. The minimum atomic E-state index is -3.64. The number of halogens is 1. The van der Waals surface area contributed by atoms with Crippen LogP contribution in [-0.4, -0.2) is 25.9 Å². The van der Waals surface area contributed by atoms with Crippen LogP contribution in [0, 0.1) is 6.92 Å². The molecule has 0 saturated heterocycles. The summed E-state index contributed by atoms with van der Waals surface area (Å²) in [5.74, 6) is -0.358. The standard InChI is InChI=1S/C20H18ClN3O3S/c1-3-11-23-28(26,27)15-6-4-14(5-7-15)20(25)24-18-10-12-22-19-13(2)17(21)9-8-16(18)19/h3-10,12,23H,1,11H2,2H3,(H,22,24,25). The molecule has 2 aromatic carbocycles. The molecule has 0 fully saturated rings. The minimum Gasteiger partial charge on any atom is -0.321 e. The molecule has 0 aliphatic heterocycles. The van der Waals surface area contributed by atoms with Gasteiger partial charge in [0.1, 0.15) is 0 Å². The van der Waals surface area contributed by atoms with E-state index in [0.717, 1.165) is 10.9 Å². The lowest BCUT2D eigenvalue weighted by Gasteiger charge is -2.11. The predicted octanol–water partition coefficient (Wildman–Crippen LogP) is 3.91. The topological polar surface area (TPSA) is 88.2 Å². The Kier molecular flexibility index (Phi) is 5.79. The predicted molar refractivity (Wildman–Crippen MR) is 111 cm³/mol.